The Morgan fingerprint density at radius 2 is 1.29 bits per heavy atom. The monoisotopic (exact) mass is 728 g/mol. The van der Waals surface area contributed by atoms with Crippen molar-refractivity contribution in [1.29, 1.82) is 0 Å². The summed E-state index contributed by atoms with van der Waals surface area (Å²) >= 11 is 1.23. The van der Waals surface area contributed by atoms with Gasteiger partial charge in [-0.05, 0) is 48.9 Å². The van der Waals surface area contributed by atoms with Gasteiger partial charge >= 0.3 is 12.2 Å². The second-order valence-corrected chi connectivity index (χ2v) is 13.0. The van der Waals surface area contributed by atoms with E-state index in [1.807, 2.05) is 11.9 Å². The van der Waals surface area contributed by atoms with Crippen LogP contribution in [0.2, 0.25) is 0 Å². The quantitative estimate of drug-likeness (QED) is 0.154. The normalized spacial score (nSPS) is 17.2. The highest BCUT2D eigenvalue weighted by atomic mass is 32.2. The lowest BCUT2D eigenvalue weighted by atomic mass is 10.1. The first-order chi connectivity index (χ1) is 24.3. The van der Waals surface area contributed by atoms with Gasteiger partial charge in [-0.25, -0.2) is 14.6 Å². The number of hydrogen-bond acceptors (Lipinski definition) is 14. The smallest absolute Gasteiger partial charge is 0.414 e. The molecule has 2 N–H and O–H groups in total. The number of amides is 4. The number of likely N-dealkylation sites (tertiary alicyclic amines) is 1. The van der Waals surface area contributed by atoms with Crippen LogP contribution in [0.15, 0.2) is 53.5 Å². The maximum atomic E-state index is 13.2. The fourth-order valence-electron chi connectivity index (χ4n) is 5.30. The van der Waals surface area contributed by atoms with Gasteiger partial charge in [0.15, 0.2) is 5.12 Å². The Bertz CT molecular complexity index is 1590. The first-order valence-electron chi connectivity index (χ1n) is 15.6. The van der Waals surface area contributed by atoms with Gasteiger partial charge in [0.1, 0.15) is 19.8 Å². The SMILES string of the molecule is CC(=O)S[C@H]1C[C@@H](C(=O)N2CCN(C(=O)CN=C(NC(=O)OCc3ccc([N+](=O)[O-])cc3)NC(=O)OCc3ccc([N+](=O)[O-])cc3)CC2)N(C)C1. The molecule has 0 radical (unpaired) electrons. The van der Waals surface area contributed by atoms with Gasteiger partial charge in [-0.3, -0.25) is 50.1 Å². The Labute approximate surface area is 295 Å². The molecule has 0 aromatic heterocycles. The summed E-state index contributed by atoms with van der Waals surface area (Å²) in [5, 5.41) is 26.3. The van der Waals surface area contributed by atoms with E-state index < -0.39 is 40.4 Å². The Kier molecular flexibility index (Phi) is 13.4. The van der Waals surface area contributed by atoms with Crippen molar-refractivity contribution in [3.05, 3.63) is 79.9 Å². The molecular weight excluding hydrogens is 692 g/mol. The number of alkyl carbamates (subject to hydrolysis) is 2. The van der Waals surface area contributed by atoms with Gasteiger partial charge in [0.05, 0.1) is 15.9 Å². The van der Waals surface area contributed by atoms with Crippen molar-refractivity contribution < 1.29 is 43.3 Å². The number of nitrogens with zero attached hydrogens (tertiary/aromatic N) is 6. The minimum Gasteiger partial charge on any atom is -0.444 e. The molecule has 19 nitrogen and oxygen atoms in total. The van der Waals surface area contributed by atoms with E-state index >= 15 is 0 Å². The molecule has 0 aliphatic carbocycles. The van der Waals surface area contributed by atoms with E-state index in [0.29, 0.717) is 24.1 Å². The number of nitro groups is 2. The highest BCUT2D eigenvalue weighted by Crippen LogP contribution is 2.28. The number of nitro benzene ring substituents is 2. The molecule has 2 fully saturated rings. The third-order valence-electron chi connectivity index (χ3n) is 7.92. The number of ether oxygens (including phenoxy) is 2. The molecule has 0 unspecified atom stereocenters. The molecule has 51 heavy (non-hydrogen) atoms. The number of carbonyl (C=O) groups excluding carboxylic acids is 5. The molecule has 2 atom stereocenters. The minimum atomic E-state index is -1.07. The van der Waals surface area contributed by atoms with Crippen molar-refractivity contribution in [3.8, 4) is 0 Å². The molecule has 2 aliphatic rings. The van der Waals surface area contributed by atoms with Crippen LogP contribution in [0.4, 0.5) is 21.0 Å². The van der Waals surface area contributed by atoms with Crippen LogP contribution in [-0.2, 0) is 37.1 Å². The summed E-state index contributed by atoms with van der Waals surface area (Å²) in [5.74, 6) is -0.983. The molecule has 4 amide bonds. The Morgan fingerprint density at radius 1 is 0.824 bits per heavy atom. The van der Waals surface area contributed by atoms with Crippen LogP contribution in [0, 0.1) is 20.2 Å². The van der Waals surface area contributed by atoms with Crippen molar-refractivity contribution >= 4 is 58.2 Å². The van der Waals surface area contributed by atoms with Gasteiger partial charge in [0.25, 0.3) is 11.4 Å². The summed E-state index contributed by atoms with van der Waals surface area (Å²) in [6, 6.07) is 10.2. The van der Waals surface area contributed by atoms with Gasteiger partial charge in [-0.1, -0.05) is 11.8 Å². The zero-order valence-electron chi connectivity index (χ0n) is 27.7. The third-order valence-corrected chi connectivity index (χ3v) is 8.93. The lowest BCUT2D eigenvalue weighted by Gasteiger charge is -2.36. The van der Waals surface area contributed by atoms with Crippen molar-refractivity contribution in [2.24, 2.45) is 4.99 Å². The highest BCUT2D eigenvalue weighted by molar-refractivity contribution is 8.14. The van der Waals surface area contributed by atoms with Crippen LogP contribution in [0.1, 0.15) is 24.5 Å². The minimum absolute atomic E-state index is 0.00289. The molecule has 4 rings (SSSR count). The standard InChI is InChI=1S/C31H36N8O11S/c1-20(40)51-25-15-26(35(2)17-25)28(42)37-13-11-36(12-14-37)27(41)16-32-29(33-30(43)49-18-21-3-7-23(8-4-21)38(45)46)34-31(44)50-19-22-5-9-24(10-6-22)39(47)48/h3-10,25-26H,11-19H2,1-2H3,(H2,32,33,34,43,44)/t25-,26-/m0/s1. The number of aliphatic imine (C=N–C) groups is 1. The number of benzene rings is 2. The zero-order valence-corrected chi connectivity index (χ0v) is 28.5. The summed E-state index contributed by atoms with van der Waals surface area (Å²) in [5.41, 5.74) is 0.581. The third kappa shape index (κ3) is 11.5. The molecule has 2 aromatic carbocycles. The summed E-state index contributed by atoms with van der Waals surface area (Å²) in [7, 11) is 1.84. The number of hydrogen-bond donors (Lipinski definition) is 2. The average Bonchev–Trinajstić information content (AvgIpc) is 3.47. The van der Waals surface area contributed by atoms with Gasteiger partial charge in [-0.2, -0.15) is 0 Å². The van der Waals surface area contributed by atoms with Crippen molar-refractivity contribution in [2.45, 2.75) is 37.9 Å². The molecule has 272 valence electrons. The van der Waals surface area contributed by atoms with E-state index in [9.17, 15) is 44.2 Å². The fraction of sp³-hybridized carbons (Fsp3) is 0.419. The summed E-state index contributed by atoms with van der Waals surface area (Å²) < 4.78 is 10.3. The number of guanidine groups is 1. The fourth-order valence-corrected chi connectivity index (χ4v) is 6.35. The zero-order chi connectivity index (χ0) is 37.1. The lowest BCUT2D eigenvalue weighted by Crippen LogP contribution is -2.54. The number of thioether (sulfide) groups is 1. The Balaban J connectivity index is 1.33. The van der Waals surface area contributed by atoms with Crippen LogP contribution in [0.25, 0.3) is 0 Å². The number of nitrogens with one attached hydrogen (secondary N) is 2. The van der Waals surface area contributed by atoms with Crippen LogP contribution in [-0.4, -0.2) is 117 Å². The summed E-state index contributed by atoms with van der Waals surface area (Å²) in [4.78, 5) is 92.7. The first-order valence-corrected chi connectivity index (χ1v) is 16.5. The summed E-state index contributed by atoms with van der Waals surface area (Å²) in [6.07, 6.45) is -1.57. The van der Waals surface area contributed by atoms with Crippen molar-refractivity contribution in [3.63, 3.8) is 0 Å². The number of carbonyl (C=O) groups is 5. The van der Waals surface area contributed by atoms with E-state index in [2.05, 4.69) is 15.6 Å². The molecule has 20 heteroatoms. The number of likely N-dealkylation sites (N-methyl/N-ethyl adjacent to an activating group) is 1. The Hall–Kier alpha value is -5.63. The topological polar surface area (TPSA) is 236 Å². The summed E-state index contributed by atoms with van der Waals surface area (Å²) in [6.45, 7) is 2.10. The average molecular weight is 729 g/mol. The van der Waals surface area contributed by atoms with Gasteiger partial charge in [-0.15, -0.1) is 0 Å². The molecule has 2 saturated heterocycles. The molecule has 0 spiro atoms. The van der Waals surface area contributed by atoms with Crippen LogP contribution in [0.3, 0.4) is 0 Å². The van der Waals surface area contributed by atoms with Gasteiger partial charge in [0.2, 0.25) is 17.8 Å². The number of piperazine rings is 1. The largest absolute Gasteiger partial charge is 0.444 e. The van der Waals surface area contributed by atoms with Gasteiger partial charge < -0.3 is 19.3 Å². The second kappa shape index (κ2) is 17.9. The first kappa shape index (κ1) is 38.2. The predicted molar refractivity (Wildman–Crippen MR) is 181 cm³/mol. The highest BCUT2D eigenvalue weighted by Gasteiger charge is 2.38. The van der Waals surface area contributed by atoms with E-state index in [1.54, 1.807) is 4.90 Å². The number of rotatable bonds is 10. The lowest BCUT2D eigenvalue weighted by molar-refractivity contribution is -0.385. The molecule has 0 bridgehead atoms. The predicted octanol–water partition coefficient (Wildman–Crippen LogP) is 2.03. The van der Waals surface area contributed by atoms with Crippen molar-refractivity contribution in [1.82, 2.24) is 25.3 Å². The molecule has 2 aliphatic heterocycles. The Morgan fingerprint density at radius 3 is 1.75 bits per heavy atom. The van der Waals surface area contributed by atoms with E-state index in [-0.39, 0.29) is 73.1 Å². The second-order valence-electron chi connectivity index (χ2n) is 11.5. The van der Waals surface area contributed by atoms with E-state index in [1.165, 1.54) is 72.1 Å². The van der Waals surface area contributed by atoms with E-state index in [0.717, 1.165) is 0 Å². The van der Waals surface area contributed by atoms with Crippen molar-refractivity contribution in [2.75, 3.05) is 46.3 Å². The maximum Gasteiger partial charge on any atom is 0.414 e. The van der Waals surface area contributed by atoms with E-state index in [4.69, 9.17) is 9.47 Å². The van der Waals surface area contributed by atoms with Gasteiger partial charge in [0, 0.05) is 69.2 Å². The molecular formula is C31H36N8O11S. The maximum absolute atomic E-state index is 13.2. The molecule has 2 heterocycles. The molecule has 2 aromatic rings. The van der Waals surface area contributed by atoms with Crippen LogP contribution in [0.5, 0.6) is 0 Å². The number of non-ortho nitro benzene ring substituents is 2. The molecule has 0 saturated carbocycles. The van der Waals surface area contributed by atoms with Crippen LogP contribution < -0.4 is 10.6 Å². The van der Waals surface area contributed by atoms with Crippen LogP contribution >= 0.6 is 11.8 Å².